The molecule has 146 valence electrons. The minimum atomic E-state index is -0.551. The number of nitrogens with zero attached hydrogens (tertiary/aromatic N) is 3. The number of primary amides is 1. The molecule has 28 heavy (non-hydrogen) atoms. The number of benzene rings is 1. The molecule has 3 aromatic rings. The number of anilines is 1. The van der Waals surface area contributed by atoms with E-state index in [1.165, 1.54) is 11.3 Å². The summed E-state index contributed by atoms with van der Waals surface area (Å²) in [5, 5.41) is 9.62. The van der Waals surface area contributed by atoms with E-state index < -0.39 is 5.91 Å². The first kappa shape index (κ1) is 19.8. The molecule has 0 saturated carbocycles. The van der Waals surface area contributed by atoms with Gasteiger partial charge in [0.2, 0.25) is 5.91 Å². The Morgan fingerprint density at radius 1 is 1.21 bits per heavy atom. The number of thiophene rings is 1. The first-order chi connectivity index (χ1) is 13.4. The number of amides is 2. The predicted octanol–water partition coefficient (Wildman–Crippen LogP) is 2.72. The van der Waals surface area contributed by atoms with E-state index in [0.717, 1.165) is 22.6 Å². The smallest absolute Gasteiger partial charge is 0.251 e. The van der Waals surface area contributed by atoms with Gasteiger partial charge in [0, 0.05) is 17.8 Å². The number of hydrogen-bond donors (Lipinski definition) is 2. The second kappa shape index (κ2) is 8.37. The number of carbonyl (C=O) groups excluding carboxylic acids is 2. The van der Waals surface area contributed by atoms with Crippen LogP contribution in [0.15, 0.2) is 41.8 Å². The summed E-state index contributed by atoms with van der Waals surface area (Å²) in [7, 11) is 1.88. The monoisotopic (exact) mass is 397 g/mol. The molecule has 0 fully saturated rings. The molecule has 0 aliphatic carbocycles. The molecule has 2 amide bonds. The van der Waals surface area contributed by atoms with Crippen LogP contribution in [0.4, 0.5) is 5.00 Å². The topological polar surface area (TPSA) is 93.2 Å². The molecule has 8 heteroatoms. The largest absolute Gasteiger partial charge is 0.366 e. The van der Waals surface area contributed by atoms with Crippen LogP contribution in [0.25, 0.3) is 5.69 Å². The van der Waals surface area contributed by atoms with Crippen LogP contribution in [-0.4, -0.2) is 40.1 Å². The van der Waals surface area contributed by atoms with Gasteiger partial charge in [-0.15, -0.1) is 11.3 Å². The third-order valence-electron chi connectivity index (χ3n) is 4.47. The lowest BCUT2D eigenvalue weighted by atomic mass is 10.2. The van der Waals surface area contributed by atoms with Gasteiger partial charge in [0.15, 0.2) is 0 Å². The zero-order valence-corrected chi connectivity index (χ0v) is 16.9. The molecule has 0 saturated heterocycles. The highest BCUT2D eigenvalue weighted by atomic mass is 32.1. The van der Waals surface area contributed by atoms with Crippen molar-refractivity contribution in [1.82, 2.24) is 14.7 Å². The molecular formula is C20H23N5O2S. The number of hydrogen-bond acceptors (Lipinski definition) is 5. The molecule has 2 heterocycles. The van der Waals surface area contributed by atoms with Crippen LogP contribution in [0.2, 0.25) is 0 Å². The fourth-order valence-corrected chi connectivity index (χ4v) is 3.87. The van der Waals surface area contributed by atoms with Gasteiger partial charge in [-0.2, -0.15) is 5.10 Å². The molecule has 0 spiro atoms. The van der Waals surface area contributed by atoms with E-state index in [1.54, 1.807) is 11.4 Å². The fraction of sp³-hybridized carbons (Fsp3) is 0.250. The van der Waals surface area contributed by atoms with Gasteiger partial charge in [-0.05, 0) is 44.5 Å². The van der Waals surface area contributed by atoms with Crippen molar-refractivity contribution in [3.05, 3.63) is 64.3 Å². The van der Waals surface area contributed by atoms with Gasteiger partial charge < -0.3 is 11.1 Å². The maximum Gasteiger partial charge on any atom is 0.251 e. The van der Waals surface area contributed by atoms with Gasteiger partial charge in [0.05, 0.1) is 23.5 Å². The average molecular weight is 398 g/mol. The summed E-state index contributed by atoms with van der Waals surface area (Å²) in [5.41, 5.74) is 9.73. The predicted molar refractivity (Wildman–Crippen MR) is 111 cm³/mol. The van der Waals surface area contributed by atoms with Gasteiger partial charge in [-0.1, -0.05) is 18.2 Å². The van der Waals surface area contributed by atoms with Crippen LogP contribution in [-0.2, 0) is 11.3 Å². The minimum absolute atomic E-state index is 0.186. The molecule has 0 unspecified atom stereocenters. The van der Waals surface area contributed by atoms with E-state index in [2.05, 4.69) is 10.4 Å². The highest BCUT2D eigenvalue weighted by Gasteiger charge is 2.17. The van der Waals surface area contributed by atoms with Crippen molar-refractivity contribution in [1.29, 1.82) is 0 Å². The van der Waals surface area contributed by atoms with Gasteiger partial charge in [-0.3, -0.25) is 14.5 Å². The number of nitrogens with two attached hydrogens (primary N) is 1. The Morgan fingerprint density at radius 3 is 2.61 bits per heavy atom. The maximum atomic E-state index is 12.4. The summed E-state index contributed by atoms with van der Waals surface area (Å²) in [4.78, 5) is 25.7. The lowest BCUT2D eigenvalue weighted by Gasteiger charge is -2.16. The van der Waals surface area contributed by atoms with E-state index in [9.17, 15) is 9.59 Å². The lowest BCUT2D eigenvalue weighted by Crippen LogP contribution is -2.30. The fourth-order valence-electron chi connectivity index (χ4n) is 3.06. The highest BCUT2D eigenvalue weighted by molar-refractivity contribution is 7.14. The minimum Gasteiger partial charge on any atom is -0.366 e. The first-order valence-corrected chi connectivity index (χ1v) is 9.71. The SMILES string of the molecule is Cc1nn(-c2ccccc2)c(C)c1CN(C)CC(=O)Nc1sccc1C(N)=O. The number of carbonyl (C=O) groups is 2. The van der Waals surface area contributed by atoms with Crippen LogP contribution in [0.5, 0.6) is 0 Å². The van der Waals surface area contributed by atoms with Gasteiger partial charge in [-0.25, -0.2) is 4.68 Å². The van der Waals surface area contributed by atoms with Gasteiger partial charge in [0.1, 0.15) is 5.00 Å². The Morgan fingerprint density at radius 2 is 1.93 bits per heavy atom. The van der Waals surface area contributed by atoms with E-state index >= 15 is 0 Å². The van der Waals surface area contributed by atoms with Crippen molar-refractivity contribution in [2.45, 2.75) is 20.4 Å². The zero-order chi connectivity index (χ0) is 20.3. The molecule has 3 N–H and O–H groups in total. The second-order valence-electron chi connectivity index (χ2n) is 6.64. The second-order valence-corrected chi connectivity index (χ2v) is 7.56. The third-order valence-corrected chi connectivity index (χ3v) is 5.30. The number of likely N-dealkylation sites (N-methyl/N-ethyl adjacent to an activating group) is 1. The summed E-state index contributed by atoms with van der Waals surface area (Å²) in [5.74, 6) is -0.748. The van der Waals surface area contributed by atoms with Gasteiger partial charge in [0.25, 0.3) is 5.91 Å². The Hall–Kier alpha value is -2.97. The number of nitrogens with one attached hydrogen (secondary N) is 1. The molecule has 1 aromatic carbocycles. The van der Waals surface area contributed by atoms with Crippen molar-refractivity contribution in [2.24, 2.45) is 5.73 Å². The third kappa shape index (κ3) is 4.29. The number of aromatic nitrogens is 2. The first-order valence-electron chi connectivity index (χ1n) is 8.83. The number of rotatable bonds is 7. The number of para-hydroxylation sites is 1. The van der Waals surface area contributed by atoms with E-state index in [1.807, 2.05) is 60.8 Å². The van der Waals surface area contributed by atoms with Crippen molar-refractivity contribution in [2.75, 3.05) is 18.9 Å². The Bertz CT molecular complexity index is 993. The summed E-state index contributed by atoms with van der Waals surface area (Å²) in [6.45, 7) is 4.78. The normalized spacial score (nSPS) is 11.0. The maximum absolute atomic E-state index is 12.4. The highest BCUT2D eigenvalue weighted by Crippen LogP contribution is 2.23. The summed E-state index contributed by atoms with van der Waals surface area (Å²) < 4.78 is 1.92. The lowest BCUT2D eigenvalue weighted by molar-refractivity contribution is -0.117. The Labute approximate surface area is 167 Å². The molecule has 3 rings (SSSR count). The standard InChI is InChI=1S/C20H23N5O2S/c1-13-17(14(2)25(23-13)15-7-5-4-6-8-15)11-24(3)12-18(26)22-20-16(19(21)27)9-10-28-20/h4-10H,11-12H2,1-3H3,(H2,21,27)(H,22,26). The molecule has 0 radical (unpaired) electrons. The summed E-state index contributed by atoms with van der Waals surface area (Å²) in [6, 6.07) is 11.6. The van der Waals surface area contributed by atoms with Crippen LogP contribution < -0.4 is 11.1 Å². The van der Waals surface area contributed by atoms with Crippen molar-refractivity contribution >= 4 is 28.2 Å². The molecule has 0 aliphatic heterocycles. The average Bonchev–Trinajstić information content (AvgIpc) is 3.22. The molecule has 0 atom stereocenters. The quantitative estimate of drug-likeness (QED) is 0.641. The summed E-state index contributed by atoms with van der Waals surface area (Å²) in [6.07, 6.45) is 0. The number of aryl methyl sites for hydroxylation is 1. The van der Waals surface area contributed by atoms with Gasteiger partial charge >= 0.3 is 0 Å². The van der Waals surface area contributed by atoms with Crippen molar-refractivity contribution < 1.29 is 9.59 Å². The van der Waals surface area contributed by atoms with Crippen LogP contribution >= 0.6 is 11.3 Å². The van der Waals surface area contributed by atoms with Crippen molar-refractivity contribution in [3.8, 4) is 5.69 Å². The Kier molecular flexibility index (Phi) is 5.91. The Balaban J connectivity index is 1.67. The van der Waals surface area contributed by atoms with E-state index in [4.69, 9.17) is 5.73 Å². The van der Waals surface area contributed by atoms with Crippen molar-refractivity contribution in [3.63, 3.8) is 0 Å². The zero-order valence-electron chi connectivity index (χ0n) is 16.1. The molecular weight excluding hydrogens is 374 g/mol. The van der Waals surface area contributed by atoms with Crippen LogP contribution in [0, 0.1) is 13.8 Å². The summed E-state index contributed by atoms with van der Waals surface area (Å²) >= 11 is 1.28. The van der Waals surface area contributed by atoms with E-state index in [0.29, 0.717) is 17.1 Å². The molecule has 7 nitrogen and oxygen atoms in total. The molecule has 2 aromatic heterocycles. The molecule has 0 bridgehead atoms. The van der Waals surface area contributed by atoms with E-state index in [-0.39, 0.29) is 12.5 Å². The molecule has 0 aliphatic rings. The van der Waals surface area contributed by atoms with Crippen LogP contribution in [0.3, 0.4) is 0 Å². The van der Waals surface area contributed by atoms with Crippen LogP contribution in [0.1, 0.15) is 27.3 Å².